The van der Waals surface area contributed by atoms with Crippen LogP contribution in [0.2, 0.25) is 0 Å². The van der Waals surface area contributed by atoms with Crippen LogP contribution >= 0.6 is 0 Å². The van der Waals surface area contributed by atoms with E-state index in [0.717, 1.165) is 50.5 Å². The van der Waals surface area contributed by atoms with Crippen molar-refractivity contribution < 1.29 is 0 Å². The maximum Gasteiger partial charge on any atom is 0.160 e. The molecule has 4 nitrogen and oxygen atoms in total. The molecule has 3 aromatic heterocycles. The van der Waals surface area contributed by atoms with Gasteiger partial charge in [0.2, 0.25) is 0 Å². The zero-order chi connectivity index (χ0) is 45.3. The van der Waals surface area contributed by atoms with E-state index in [0.29, 0.717) is 5.82 Å². The Hall–Kier alpha value is -8.86. The normalized spacial score (nSPS) is 11.9. The molecule has 0 aliphatic rings. The van der Waals surface area contributed by atoms with E-state index in [2.05, 4.69) is 229 Å². The molecule has 0 N–H and O–H groups in total. The molecule has 0 amide bonds. The van der Waals surface area contributed by atoms with E-state index in [1.807, 2.05) is 24.3 Å². The highest BCUT2D eigenvalue weighted by Crippen LogP contribution is 2.41. The standard InChI is InChI=1S/C64H44N4/c1-3-16-49-41(2)67(48-33-36-54-52-23-11-10-21-50(52)51-22-12-13-24-53(51)58(54)39-48)62-37-45(29-34-56(49)62)46-30-35-57-55-25-14-15-26-61(55)68(63(57)38-46)47-31-27-43(28-32-47)60-40-59(42-17-6-4-7-18-42)65-64(66-60)44-19-8-5-9-20-44/h3-40H,1-2H3/b16-3-. The van der Waals surface area contributed by atoms with Gasteiger partial charge in [0.05, 0.1) is 27.9 Å². The summed E-state index contributed by atoms with van der Waals surface area (Å²) >= 11 is 0. The zero-order valence-corrected chi connectivity index (χ0v) is 37.7. The largest absolute Gasteiger partial charge is 0.313 e. The van der Waals surface area contributed by atoms with Gasteiger partial charge in [-0.25, -0.2) is 9.97 Å². The lowest BCUT2D eigenvalue weighted by Crippen LogP contribution is -1.98. The predicted octanol–water partition coefficient (Wildman–Crippen LogP) is 17.0. The third-order valence-corrected chi connectivity index (χ3v) is 13.8. The number of para-hydroxylation sites is 1. The second-order valence-corrected chi connectivity index (χ2v) is 17.7. The molecule has 0 aliphatic carbocycles. The molecule has 10 aromatic carbocycles. The van der Waals surface area contributed by atoms with Gasteiger partial charge in [0, 0.05) is 55.5 Å². The van der Waals surface area contributed by atoms with Crippen LogP contribution in [0.15, 0.2) is 224 Å². The van der Waals surface area contributed by atoms with Crippen LogP contribution in [-0.2, 0) is 0 Å². The minimum Gasteiger partial charge on any atom is -0.313 e. The van der Waals surface area contributed by atoms with Crippen molar-refractivity contribution in [2.75, 3.05) is 0 Å². The van der Waals surface area contributed by atoms with Crippen molar-refractivity contribution in [2.45, 2.75) is 13.8 Å². The maximum absolute atomic E-state index is 5.11. The van der Waals surface area contributed by atoms with Crippen molar-refractivity contribution in [1.29, 1.82) is 0 Å². The number of nitrogens with zero attached hydrogens (tertiary/aromatic N) is 4. The fourth-order valence-electron chi connectivity index (χ4n) is 10.6. The lowest BCUT2D eigenvalue weighted by Gasteiger charge is -2.14. The summed E-state index contributed by atoms with van der Waals surface area (Å²) in [6.07, 6.45) is 4.40. The van der Waals surface area contributed by atoms with Crippen molar-refractivity contribution in [3.8, 4) is 56.4 Å². The molecule has 4 heteroatoms. The molecule has 13 aromatic rings. The molecular weight excluding hydrogens is 825 g/mol. The third-order valence-electron chi connectivity index (χ3n) is 13.8. The topological polar surface area (TPSA) is 35.6 Å². The van der Waals surface area contributed by atoms with Crippen LogP contribution in [0.1, 0.15) is 18.2 Å². The van der Waals surface area contributed by atoms with Crippen molar-refractivity contribution >= 4 is 71.1 Å². The number of hydrogen-bond acceptors (Lipinski definition) is 2. The SMILES string of the molecule is C/C=C\c1c(C)n(-c2ccc3c4ccccc4c4ccccc4c3c2)c2cc(-c3ccc4c5ccccc5n(-c5ccc(-c6cc(-c7ccccc7)nc(-c7ccccc7)n6)cc5)c4c3)ccc12. The summed E-state index contributed by atoms with van der Waals surface area (Å²) < 4.78 is 4.86. The summed E-state index contributed by atoms with van der Waals surface area (Å²) in [5, 5.41) is 11.3. The van der Waals surface area contributed by atoms with Crippen LogP contribution in [0.25, 0.3) is 128 Å². The number of fused-ring (bicyclic) bond motifs is 10. The first kappa shape index (κ1) is 39.5. The minimum absolute atomic E-state index is 0.708. The molecule has 0 radical (unpaired) electrons. The zero-order valence-electron chi connectivity index (χ0n) is 37.7. The van der Waals surface area contributed by atoms with Gasteiger partial charge in [-0.05, 0) is 106 Å². The number of aromatic nitrogens is 4. The van der Waals surface area contributed by atoms with Gasteiger partial charge in [-0.1, -0.05) is 182 Å². The maximum atomic E-state index is 5.11. The van der Waals surface area contributed by atoms with E-state index >= 15 is 0 Å². The van der Waals surface area contributed by atoms with Gasteiger partial charge in [-0.3, -0.25) is 0 Å². The molecular formula is C64H44N4. The summed E-state index contributed by atoms with van der Waals surface area (Å²) in [5.74, 6) is 0.708. The molecule has 0 bridgehead atoms. The Balaban J connectivity index is 0.943. The van der Waals surface area contributed by atoms with Crippen LogP contribution in [0.5, 0.6) is 0 Å². The molecule has 0 unspecified atom stereocenters. The molecule has 3 heterocycles. The smallest absolute Gasteiger partial charge is 0.160 e. The molecule has 0 aliphatic heterocycles. The van der Waals surface area contributed by atoms with Crippen LogP contribution in [0.4, 0.5) is 0 Å². The molecule has 0 spiro atoms. The average Bonchev–Trinajstić information content (AvgIpc) is 3.89. The predicted molar refractivity (Wildman–Crippen MR) is 287 cm³/mol. The summed E-state index contributed by atoms with van der Waals surface area (Å²) in [6.45, 7) is 4.36. The van der Waals surface area contributed by atoms with Gasteiger partial charge >= 0.3 is 0 Å². The highest BCUT2D eigenvalue weighted by atomic mass is 15.0. The van der Waals surface area contributed by atoms with Gasteiger partial charge in [-0.2, -0.15) is 0 Å². The number of rotatable bonds is 7. The fraction of sp³-hybridized carbons (Fsp3) is 0.0312. The minimum atomic E-state index is 0.708. The Bertz CT molecular complexity index is 4050. The number of allylic oxidation sites excluding steroid dienone is 1. The molecule has 0 atom stereocenters. The van der Waals surface area contributed by atoms with Gasteiger partial charge in [-0.15, -0.1) is 0 Å². The summed E-state index contributed by atoms with van der Waals surface area (Å²) in [6, 6.07) is 78.8. The Labute approximate surface area is 394 Å². The first-order chi connectivity index (χ1) is 33.6. The highest BCUT2D eigenvalue weighted by molar-refractivity contribution is 6.25. The van der Waals surface area contributed by atoms with E-state index < -0.39 is 0 Å². The molecule has 13 rings (SSSR count). The highest BCUT2D eigenvalue weighted by Gasteiger charge is 2.19. The van der Waals surface area contributed by atoms with Crippen LogP contribution in [0.3, 0.4) is 0 Å². The molecule has 0 fully saturated rings. The van der Waals surface area contributed by atoms with Crippen molar-refractivity contribution in [3.05, 3.63) is 236 Å². The van der Waals surface area contributed by atoms with E-state index in [-0.39, 0.29) is 0 Å². The Morgan fingerprint density at radius 2 is 0.794 bits per heavy atom. The number of benzene rings is 10. The van der Waals surface area contributed by atoms with E-state index in [1.165, 1.54) is 76.3 Å². The van der Waals surface area contributed by atoms with Crippen molar-refractivity contribution in [2.24, 2.45) is 0 Å². The monoisotopic (exact) mass is 868 g/mol. The van der Waals surface area contributed by atoms with Gasteiger partial charge in [0.15, 0.2) is 5.82 Å². The number of hydrogen-bond donors (Lipinski definition) is 0. The molecule has 0 saturated heterocycles. The average molecular weight is 869 g/mol. The summed E-state index contributed by atoms with van der Waals surface area (Å²) in [4.78, 5) is 10.1. The first-order valence-corrected chi connectivity index (χ1v) is 23.4. The van der Waals surface area contributed by atoms with E-state index in [4.69, 9.17) is 9.97 Å². The van der Waals surface area contributed by atoms with Crippen LogP contribution in [0, 0.1) is 6.92 Å². The second kappa shape index (κ2) is 15.9. The summed E-state index contributed by atoms with van der Waals surface area (Å²) in [7, 11) is 0. The van der Waals surface area contributed by atoms with Gasteiger partial charge in [0.1, 0.15) is 0 Å². The third kappa shape index (κ3) is 6.37. The Morgan fingerprint density at radius 1 is 0.338 bits per heavy atom. The van der Waals surface area contributed by atoms with Crippen molar-refractivity contribution in [3.63, 3.8) is 0 Å². The first-order valence-electron chi connectivity index (χ1n) is 23.4. The molecule has 68 heavy (non-hydrogen) atoms. The van der Waals surface area contributed by atoms with E-state index in [9.17, 15) is 0 Å². The fourth-order valence-corrected chi connectivity index (χ4v) is 10.6. The quantitative estimate of drug-likeness (QED) is 0.150. The van der Waals surface area contributed by atoms with Crippen molar-refractivity contribution in [1.82, 2.24) is 19.1 Å². The van der Waals surface area contributed by atoms with Crippen LogP contribution in [-0.4, -0.2) is 19.1 Å². The van der Waals surface area contributed by atoms with Gasteiger partial charge in [0.25, 0.3) is 0 Å². The van der Waals surface area contributed by atoms with Gasteiger partial charge < -0.3 is 9.13 Å². The van der Waals surface area contributed by atoms with Crippen LogP contribution < -0.4 is 0 Å². The molecule has 320 valence electrons. The Morgan fingerprint density at radius 3 is 1.43 bits per heavy atom. The Kier molecular flexibility index (Phi) is 9.26. The lowest BCUT2D eigenvalue weighted by atomic mass is 9.94. The molecule has 0 saturated carbocycles. The lowest BCUT2D eigenvalue weighted by molar-refractivity contribution is 1.05. The summed E-state index contributed by atoms with van der Waals surface area (Å²) in [5.41, 5.74) is 15.4. The second-order valence-electron chi connectivity index (χ2n) is 17.7. The van der Waals surface area contributed by atoms with E-state index in [1.54, 1.807) is 0 Å².